The summed E-state index contributed by atoms with van der Waals surface area (Å²) in [4.78, 5) is 93.7. The zero-order valence-corrected chi connectivity index (χ0v) is 90.1. The number of nitrogens with zero attached hydrogens (tertiary/aromatic N) is 12. The summed E-state index contributed by atoms with van der Waals surface area (Å²) in [6, 6.07) is 71.5. The molecule has 26 heteroatoms. The fraction of sp³-hybridized carbons (Fsp3) is 0.394. The Morgan fingerprint density at radius 1 is 0.356 bits per heavy atom. The van der Waals surface area contributed by atoms with Crippen molar-refractivity contribution in [1.82, 2.24) is 80.5 Å². The molecule has 135 heavy (non-hydrogen) atoms. The maximum Gasteiger partial charge on any atom is 0.217 e. The van der Waals surface area contributed by atoms with Gasteiger partial charge in [-0.05, 0) is 209 Å². The number of fused-ring (bicyclic) bond motifs is 6. The summed E-state index contributed by atoms with van der Waals surface area (Å²) in [6.07, 6.45) is 11.2. The van der Waals surface area contributed by atoms with E-state index in [9.17, 15) is 14.4 Å². The van der Waals surface area contributed by atoms with Gasteiger partial charge in [0.25, 0.3) is 0 Å². The number of carbonyl (C=O) groups excluding carboxylic acids is 3. The molecule has 5 aromatic heterocycles. The zero-order valence-electron chi connectivity index (χ0n) is 81.6. The topological polar surface area (TPSA) is 262 Å². The summed E-state index contributed by atoms with van der Waals surface area (Å²) in [5.74, 6) is 4.71. The number of aromatic amines is 5. The van der Waals surface area contributed by atoms with Crippen LogP contribution >= 0.6 is 0 Å². The maximum absolute atomic E-state index is 11.0. The average molecular weight is 2040 g/mol. The second-order valence-corrected chi connectivity index (χ2v) is 38.7. The Hall–Kier alpha value is -9.00. The molecule has 23 nitrogen and oxygen atoms in total. The number of amides is 3. The van der Waals surface area contributed by atoms with Gasteiger partial charge in [0.15, 0.2) is 0 Å². The molecule has 4 aliphatic heterocycles. The number of piperazine rings is 3. The van der Waals surface area contributed by atoms with E-state index < -0.39 is 0 Å². The van der Waals surface area contributed by atoms with E-state index in [1.165, 1.54) is 22.6 Å². The van der Waals surface area contributed by atoms with Crippen molar-refractivity contribution in [1.29, 1.82) is 0 Å². The Balaban J connectivity index is 0.000000175. The van der Waals surface area contributed by atoms with Gasteiger partial charge >= 0.3 is 0 Å². The van der Waals surface area contributed by atoms with Crippen LogP contribution in [0.4, 0.5) is 22.7 Å². The standard InChI is InChI=1S/C26H24N5.2C25H23N6.3C11H22NO.3Y/c1-30-11-13-31(14-12-30)21-8-10-22-20(15-21)17-24(27-22)19-7-9-23-25(16-19)29-26(28-23)18-5-3-2-4-6-18;2*1-30-11-13-31(14-12-30)19-8-10-21-23(16-19)29-25(27-21)18-7-9-20-22(15-18)28-24(26-20)17-5-3-2-4-6-17;3*1-5-7-10(13)12-9-6-8-11(2,3)4;;;/h2-3,5-10,15-16H,11-14,17H2,1H3,(H,28,29);2*2-3,5-10,15-16H,11-14H2,1H3,(H,26,28)(H,27,29);3*1,5-9H2,2-4H3,(H,12,13);;;/q6*-1;;;. The third-order valence-electron chi connectivity index (χ3n) is 24.0. The summed E-state index contributed by atoms with van der Waals surface area (Å²) in [5, 5.41) is 8.63. The van der Waals surface area contributed by atoms with Crippen LogP contribution in [0.15, 0.2) is 187 Å². The number of aliphatic imine (C=N–C) groups is 1. The number of carbonyl (C=O) groups is 3. The third kappa shape index (κ3) is 32.8. The summed E-state index contributed by atoms with van der Waals surface area (Å²) < 4.78 is 0. The second-order valence-electron chi connectivity index (χ2n) is 38.7. The van der Waals surface area contributed by atoms with Crippen LogP contribution in [0, 0.1) is 55.2 Å². The van der Waals surface area contributed by atoms with Crippen LogP contribution < -0.4 is 30.7 Å². The predicted octanol–water partition coefficient (Wildman–Crippen LogP) is 20.7. The Kier molecular flexibility index (Phi) is 41.7. The van der Waals surface area contributed by atoms with Crippen molar-refractivity contribution in [2.45, 2.75) is 146 Å². The van der Waals surface area contributed by atoms with Gasteiger partial charge in [0, 0.05) is 231 Å². The Labute approximate surface area is 875 Å². The van der Waals surface area contributed by atoms with Crippen LogP contribution in [0.3, 0.4) is 0 Å². The quantitative estimate of drug-likeness (QED) is 0.0207. The van der Waals surface area contributed by atoms with Crippen molar-refractivity contribution in [2.24, 2.45) is 21.2 Å². The molecule has 18 rings (SSSR count). The van der Waals surface area contributed by atoms with Gasteiger partial charge in [0.05, 0.1) is 84.0 Å². The number of anilines is 3. The molecule has 3 amide bonds. The van der Waals surface area contributed by atoms with E-state index in [-0.39, 0.29) is 116 Å². The zero-order chi connectivity index (χ0) is 93.3. The molecular weight excluding hydrogens is 1900 g/mol. The summed E-state index contributed by atoms with van der Waals surface area (Å²) >= 11 is 0. The van der Waals surface area contributed by atoms with Gasteiger partial charge in [-0.15, -0.1) is 0 Å². The fourth-order valence-electron chi connectivity index (χ4n) is 16.2. The first-order valence-electron chi connectivity index (χ1n) is 47.1. The molecule has 0 unspecified atom stereocenters. The monoisotopic (exact) mass is 2040 g/mol. The molecule has 4 aliphatic rings. The van der Waals surface area contributed by atoms with Crippen molar-refractivity contribution in [3.05, 3.63) is 232 Å². The second kappa shape index (κ2) is 52.1. The normalized spacial score (nSPS) is 14.1. The number of H-pyrrole nitrogens is 5. The van der Waals surface area contributed by atoms with E-state index in [0.717, 1.165) is 272 Å². The molecule has 0 saturated carbocycles. The molecule has 0 atom stereocenters. The number of likely N-dealkylation sites (N-methyl/N-ethyl adjacent to an activating group) is 3. The van der Waals surface area contributed by atoms with Crippen molar-refractivity contribution >= 4 is 101 Å². The van der Waals surface area contributed by atoms with Gasteiger partial charge in [-0.2, -0.15) is 110 Å². The van der Waals surface area contributed by atoms with Gasteiger partial charge in [-0.3, -0.25) is 19.4 Å². The van der Waals surface area contributed by atoms with Crippen molar-refractivity contribution < 1.29 is 113 Å². The average Bonchev–Trinajstić information content (AvgIpc) is 1.65. The van der Waals surface area contributed by atoms with Crippen molar-refractivity contribution in [3.8, 4) is 56.9 Å². The van der Waals surface area contributed by atoms with Crippen molar-refractivity contribution in [3.63, 3.8) is 0 Å². The number of aromatic nitrogens is 10. The Bertz CT molecular complexity index is 5780. The third-order valence-corrected chi connectivity index (χ3v) is 24.0. The van der Waals surface area contributed by atoms with Gasteiger partial charge in [0.2, 0.25) is 17.7 Å². The molecule has 705 valence electrons. The van der Waals surface area contributed by atoms with Gasteiger partial charge < -0.3 is 91.0 Å². The van der Waals surface area contributed by atoms with Crippen LogP contribution in [0.1, 0.15) is 150 Å². The van der Waals surface area contributed by atoms with E-state index >= 15 is 0 Å². The molecule has 0 aliphatic carbocycles. The molecule has 14 aromatic rings. The number of rotatable bonds is 24. The first-order chi connectivity index (χ1) is 63.5. The number of hydrogen-bond donors (Lipinski definition) is 8. The molecule has 3 saturated heterocycles. The number of nitrogens with one attached hydrogen (secondary N) is 8. The minimum absolute atomic E-state index is 0. The summed E-state index contributed by atoms with van der Waals surface area (Å²) in [7, 11) is 6.55. The molecule has 0 bridgehead atoms. The molecule has 3 radical (unpaired) electrons. The minimum atomic E-state index is 0. The largest absolute Gasteiger partial charge is 0.369 e. The van der Waals surface area contributed by atoms with Gasteiger partial charge in [0.1, 0.15) is 11.6 Å². The summed E-state index contributed by atoms with van der Waals surface area (Å²) in [5.41, 5.74) is 24.8. The van der Waals surface area contributed by atoms with Crippen LogP contribution in [0.5, 0.6) is 0 Å². The van der Waals surface area contributed by atoms with E-state index in [1.54, 1.807) is 0 Å². The smallest absolute Gasteiger partial charge is 0.217 e. The molecule has 9 heterocycles. The maximum atomic E-state index is 11.0. The predicted molar refractivity (Wildman–Crippen MR) is 546 cm³/mol. The first-order valence-corrected chi connectivity index (χ1v) is 47.1. The summed E-state index contributed by atoms with van der Waals surface area (Å²) in [6.45, 7) is 46.2. The van der Waals surface area contributed by atoms with E-state index in [4.69, 9.17) is 29.9 Å². The van der Waals surface area contributed by atoms with Crippen LogP contribution in [-0.2, 0) is 119 Å². The molecule has 9 aromatic carbocycles. The Morgan fingerprint density at radius 3 is 0.941 bits per heavy atom. The SMILES string of the molecule is CN1CCN(c2ccc3c(c2)CC(c2ccc4nc(-c5c[c-]ccc5)[nH]c4c2)=N3)CC1.CN1CCN(c2ccc3nc(-c4ccc5nc(-c6c[c-]ccc6)[nH]c5c4)[nH]c3c2)CC1.CN1CCN(c2ccc3nc(-c4ccc5nc(-c6c[c-]ccc6)[nH]c5c4)[nH]c3c2)CC1.[CH2-]CCC(=O)NCCCC(C)(C)C.[CH2-]CCC(=O)NCCCC(C)(C)C.[CH2-]CCC(=O)NCCCC(C)(C)C.[Y].[Y].[Y]. The van der Waals surface area contributed by atoms with E-state index in [1.807, 2.05) is 84.9 Å². The number of benzene rings is 9. The first kappa shape index (κ1) is 108. The fourth-order valence-corrected chi connectivity index (χ4v) is 16.2. The number of imidazole rings is 5. The van der Waals surface area contributed by atoms with E-state index in [2.05, 4.69) is 290 Å². The van der Waals surface area contributed by atoms with Crippen LogP contribution in [-0.4, -0.2) is 207 Å². The minimum Gasteiger partial charge on any atom is -0.369 e. The van der Waals surface area contributed by atoms with Crippen LogP contribution in [0.25, 0.3) is 112 Å². The molecule has 0 spiro atoms. The van der Waals surface area contributed by atoms with Gasteiger partial charge in [-0.1, -0.05) is 85.1 Å². The van der Waals surface area contributed by atoms with E-state index in [0.29, 0.717) is 54.8 Å². The Morgan fingerprint density at radius 2 is 0.637 bits per heavy atom. The van der Waals surface area contributed by atoms with Crippen molar-refractivity contribution in [2.75, 3.05) is 134 Å². The molecule has 3 fully saturated rings. The molecule has 8 N–H and O–H groups in total. The van der Waals surface area contributed by atoms with Crippen LogP contribution in [0.2, 0.25) is 0 Å². The van der Waals surface area contributed by atoms with Gasteiger partial charge in [-0.25, -0.2) is 24.9 Å². The molecular formula is C109H136N20O3Y3-6. The number of hydrogen-bond acceptors (Lipinski definition) is 15.